The van der Waals surface area contributed by atoms with Crippen LogP contribution < -0.4 is 5.32 Å². The van der Waals surface area contributed by atoms with Crippen LogP contribution in [0.1, 0.15) is 24.2 Å². The summed E-state index contributed by atoms with van der Waals surface area (Å²) in [5.74, 6) is 0.275. The van der Waals surface area contributed by atoms with Gasteiger partial charge in [0.15, 0.2) is 0 Å². The smallest absolute Gasteiger partial charge is 0.223 e. The summed E-state index contributed by atoms with van der Waals surface area (Å²) >= 11 is 3.53. The van der Waals surface area contributed by atoms with Gasteiger partial charge in [0, 0.05) is 25.9 Å². The maximum atomic E-state index is 11.7. The lowest BCUT2D eigenvalue weighted by molar-refractivity contribution is -0.126. The summed E-state index contributed by atoms with van der Waals surface area (Å²) in [7, 11) is 1.92. The van der Waals surface area contributed by atoms with Crippen LogP contribution in [-0.4, -0.2) is 22.2 Å². The third-order valence-electron chi connectivity index (χ3n) is 3.10. The van der Waals surface area contributed by atoms with Crippen LogP contribution in [0, 0.1) is 12.8 Å². The average Bonchev–Trinajstić information content (AvgIpc) is 2.48. The Kier molecular flexibility index (Phi) is 3.33. The molecule has 5 heteroatoms. The van der Waals surface area contributed by atoms with Gasteiger partial charge in [0.05, 0.1) is 15.9 Å². The Labute approximate surface area is 104 Å². The number of nitrogens with zero attached hydrogens (tertiary/aromatic N) is 2. The highest BCUT2D eigenvalue weighted by atomic mass is 79.9. The van der Waals surface area contributed by atoms with Crippen molar-refractivity contribution in [1.29, 1.82) is 0 Å². The molecule has 4 nitrogen and oxygen atoms in total. The summed E-state index contributed by atoms with van der Waals surface area (Å²) in [6.07, 6.45) is 2.82. The van der Waals surface area contributed by atoms with Gasteiger partial charge in [-0.25, -0.2) is 0 Å². The molecule has 1 aromatic heterocycles. The van der Waals surface area contributed by atoms with Crippen LogP contribution in [0.2, 0.25) is 0 Å². The van der Waals surface area contributed by atoms with Crippen LogP contribution in [0.4, 0.5) is 0 Å². The number of hydrogen-bond donors (Lipinski definition) is 1. The second kappa shape index (κ2) is 4.57. The minimum Gasteiger partial charge on any atom is -0.356 e. The van der Waals surface area contributed by atoms with Crippen molar-refractivity contribution < 1.29 is 4.79 Å². The van der Waals surface area contributed by atoms with Gasteiger partial charge in [-0.1, -0.05) is 0 Å². The van der Waals surface area contributed by atoms with E-state index in [0.29, 0.717) is 0 Å². The summed E-state index contributed by atoms with van der Waals surface area (Å²) in [5.41, 5.74) is 2.09. The largest absolute Gasteiger partial charge is 0.356 e. The molecule has 2 heterocycles. The Morgan fingerprint density at radius 1 is 1.62 bits per heavy atom. The molecular weight excluding hydrogens is 270 g/mol. The molecule has 1 aliphatic rings. The molecule has 0 radical (unpaired) electrons. The predicted octanol–water partition coefficient (Wildman–Crippen LogP) is 1.56. The normalized spacial score (nSPS) is 20.9. The van der Waals surface area contributed by atoms with Gasteiger partial charge in [-0.2, -0.15) is 5.10 Å². The highest BCUT2D eigenvalue weighted by Crippen LogP contribution is 2.25. The van der Waals surface area contributed by atoms with Gasteiger partial charge in [-0.05, 0) is 35.7 Å². The van der Waals surface area contributed by atoms with Crippen molar-refractivity contribution in [2.75, 3.05) is 6.54 Å². The minimum absolute atomic E-state index is 0.0971. The summed E-state index contributed by atoms with van der Waals surface area (Å²) in [5, 5.41) is 7.25. The van der Waals surface area contributed by atoms with Crippen molar-refractivity contribution in [3.63, 3.8) is 0 Å². The Balaban J connectivity index is 2.16. The Morgan fingerprint density at radius 2 is 2.38 bits per heavy atom. The molecular formula is C11H16BrN3O. The fourth-order valence-corrected chi connectivity index (χ4v) is 2.66. The summed E-state index contributed by atoms with van der Waals surface area (Å²) in [6, 6.07) is 0. The molecule has 2 rings (SSSR count). The lowest BCUT2D eigenvalue weighted by atomic mass is 9.93. The van der Waals surface area contributed by atoms with Crippen molar-refractivity contribution in [1.82, 2.24) is 15.1 Å². The predicted molar refractivity (Wildman–Crippen MR) is 65.1 cm³/mol. The fraction of sp³-hybridized carbons (Fsp3) is 0.636. The Morgan fingerprint density at radius 3 is 2.94 bits per heavy atom. The highest BCUT2D eigenvalue weighted by molar-refractivity contribution is 9.10. The Bertz CT molecular complexity index is 414. The first-order valence-electron chi connectivity index (χ1n) is 5.55. The number of amides is 1. The SMILES string of the molecule is Cc1nn(C)c(CC2CCCNC2=O)c1Br. The molecule has 1 amide bonds. The van der Waals surface area contributed by atoms with Crippen molar-refractivity contribution in [2.24, 2.45) is 13.0 Å². The maximum absolute atomic E-state index is 11.7. The monoisotopic (exact) mass is 285 g/mol. The number of carbonyl (C=O) groups excluding carboxylic acids is 1. The number of piperidine rings is 1. The van der Waals surface area contributed by atoms with Crippen molar-refractivity contribution in [2.45, 2.75) is 26.2 Å². The molecule has 0 bridgehead atoms. The van der Waals surface area contributed by atoms with E-state index in [4.69, 9.17) is 0 Å². The third kappa shape index (κ3) is 2.14. The second-order valence-electron chi connectivity index (χ2n) is 4.30. The second-order valence-corrected chi connectivity index (χ2v) is 5.10. The van der Waals surface area contributed by atoms with Crippen LogP contribution in [0.15, 0.2) is 4.47 Å². The number of rotatable bonds is 2. The number of carbonyl (C=O) groups is 1. The molecule has 1 atom stereocenters. The van der Waals surface area contributed by atoms with Gasteiger partial charge in [-0.3, -0.25) is 9.48 Å². The number of nitrogens with one attached hydrogen (secondary N) is 1. The zero-order chi connectivity index (χ0) is 11.7. The summed E-state index contributed by atoms with van der Waals surface area (Å²) in [6.45, 7) is 2.79. The zero-order valence-corrected chi connectivity index (χ0v) is 11.2. The molecule has 0 aliphatic carbocycles. The van der Waals surface area contributed by atoms with Gasteiger partial charge in [0.25, 0.3) is 0 Å². The van der Waals surface area contributed by atoms with Crippen molar-refractivity contribution >= 4 is 21.8 Å². The summed E-state index contributed by atoms with van der Waals surface area (Å²) in [4.78, 5) is 11.7. The van der Waals surface area contributed by atoms with E-state index in [2.05, 4.69) is 26.3 Å². The number of aryl methyl sites for hydroxylation is 2. The van der Waals surface area contributed by atoms with E-state index in [9.17, 15) is 4.79 Å². The molecule has 0 aromatic carbocycles. The van der Waals surface area contributed by atoms with E-state index in [1.165, 1.54) is 0 Å². The van der Waals surface area contributed by atoms with E-state index in [-0.39, 0.29) is 11.8 Å². The molecule has 1 aliphatic heterocycles. The Hall–Kier alpha value is -0.840. The number of hydrogen-bond acceptors (Lipinski definition) is 2. The van der Waals surface area contributed by atoms with E-state index in [0.717, 1.165) is 41.7 Å². The van der Waals surface area contributed by atoms with Crippen molar-refractivity contribution in [3.8, 4) is 0 Å². The maximum Gasteiger partial charge on any atom is 0.223 e. The topological polar surface area (TPSA) is 46.9 Å². The third-order valence-corrected chi connectivity index (χ3v) is 4.13. The fourth-order valence-electron chi connectivity index (χ4n) is 2.17. The molecule has 1 aromatic rings. The number of halogens is 1. The first kappa shape index (κ1) is 11.6. The van der Waals surface area contributed by atoms with Crippen LogP contribution in [-0.2, 0) is 18.3 Å². The summed E-state index contributed by atoms with van der Waals surface area (Å²) < 4.78 is 2.90. The molecule has 88 valence electrons. The van der Waals surface area contributed by atoms with Gasteiger partial charge >= 0.3 is 0 Å². The van der Waals surface area contributed by atoms with Gasteiger partial charge in [0.2, 0.25) is 5.91 Å². The van der Waals surface area contributed by atoms with Crippen molar-refractivity contribution in [3.05, 3.63) is 15.9 Å². The molecule has 1 fully saturated rings. The van der Waals surface area contributed by atoms with Crippen LogP contribution in [0.25, 0.3) is 0 Å². The molecule has 1 saturated heterocycles. The van der Waals surface area contributed by atoms with E-state index < -0.39 is 0 Å². The molecule has 1 unspecified atom stereocenters. The lowest BCUT2D eigenvalue weighted by Crippen LogP contribution is -2.37. The van der Waals surface area contributed by atoms with E-state index in [1.807, 2.05) is 18.7 Å². The van der Waals surface area contributed by atoms with Gasteiger partial charge in [0.1, 0.15) is 0 Å². The highest BCUT2D eigenvalue weighted by Gasteiger charge is 2.24. The molecule has 16 heavy (non-hydrogen) atoms. The first-order chi connectivity index (χ1) is 7.59. The van der Waals surface area contributed by atoms with E-state index in [1.54, 1.807) is 0 Å². The average molecular weight is 286 g/mol. The zero-order valence-electron chi connectivity index (χ0n) is 9.59. The lowest BCUT2D eigenvalue weighted by Gasteiger charge is -2.21. The van der Waals surface area contributed by atoms with E-state index >= 15 is 0 Å². The standard InChI is InChI=1S/C11H16BrN3O/c1-7-10(12)9(15(2)14-7)6-8-4-3-5-13-11(8)16/h8H,3-6H2,1-2H3,(H,13,16). The molecule has 1 N–H and O–H groups in total. The minimum atomic E-state index is 0.0971. The molecule has 0 saturated carbocycles. The van der Waals surface area contributed by atoms with Crippen LogP contribution >= 0.6 is 15.9 Å². The van der Waals surface area contributed by atoms with Gasteiger partial charge in [-0.15, -0.1) is 0 Å². The molecule has 0 spiro atoms. The van der Waals surface area contributed by atoms with Crippen LogP contribution in [0.5, 0.6) is 0 Å². The van der Waals surface area contributed by atoms with Gasteiger partial charge < -0.3 is 5.32 Å². The van der Waals surface area contributed by atoms with Crippen LogP contribution in [0.3, 0.4) is 0 Å². The number of aromatic nitrogens is 2. The quantitative estimate of drug-likeness (QED) is 0.897. The first-order valence-corrected chi connectivity index (χ1v) is 6.34.